The third-order valence-electron chi connectivity index (χ3n) is 6.41. The Morgan fingerprint density at radius 2 is 1.75 bits per heavy atom. The van der Waals surface area contributed by atoms with Crippen molar-refractivity contribution in [2.24, 2.45) is 0 Å². The van der Waals surface area contributed by atoms with Gasteiger partial charge in [0.15, 0.2) is 5.76 Å². The van der Waals surface area contributed by atoms with Crippen LogP contribution >= 0.6 is 0 Å². The fourth-order valence-corrected chi connectivity index (χ4v) is 3.92. The van der Waals surface area contributed by atoms with Gasteiger partial charge in [0.2, 0.25) is 5.89 Å². The number of benzene rings is 1. The molecule has 8 heteroatoms. The summed E-state index contributed by atoms with van der Waals surface area (Å²) in [5.74, 6) is 1.20. The average Bonchev–Trinajstić information content (AvgIpc) is 3.38. The van der Waals surface area contributed by atoms with Crippen LogP contribution in [-0.4, -0.2) is 46.4 Å². The molecule has 0 aliphatic carbocycles. The Kier molecular flexibility index (Phi) is 5.66. The summed E-state index contributed by atoms with van der Waals surface area (Å²) in [7, 11) is -0.403. The zero-order chi connectivity index (χ0) is 23.3. The number of rotatable bonds is 3. The van der Waals surface area contributed by atoms with Crippen molar-refractivity contribution < 1.29 is 23.3 Å². The summed E-state index contributed by atoms with van der Waals surface area (Å²) in [6, 6.07) is 7.73. The van der Waals surface area contributed by atoms with Gasteiger partial charge in [0.05, 0.1) is 17.4 Å². The number of carbonyl (C=O) groups excluding carboxylic acids is 1. The summed E-state index contributed by atoms with van der Waals surface area (Å²) in [5, 5.41) is 0. The van der Waals surface area contributed by atoms with Gasteiger partial charge in [-0.2, -0.15) is 0 Å². The number of oxazole rings is 1. The molecule has 7 nitrogen and oxygen atoms in total. The minimum atomic E-state index is -0.537. The van der Waals surface area contributed by atoms with Crippen molar-refractivity contribution in [3.05, 3.63) is 36.4 Å². The molecule has 3 heterocycles. The van der Waals surface area contributed by atoms with Crippen LogP contribution in [0.1, 0.15) is 73.2 Å². The lowest BCUT2D eigenvalue weighted by atomic mass is 9.79. The second-order valence-corrected chi connectivity index (χ2v) is 10.6. The summed E-state index contributed by atoms with van der Waals surface area (Å²) in [6.07, 6.45) is 3.08. The zero-order valence-corrected chi connectivity index (χ0v) is 20.1. The molecule has 32 heavy (non-hydrogen) atoms. The van der Waals surface area contributed by atoms with Crippen molar-refractivity contribution in [2.75, 3.05) is 6.54 Å². The molecule has 2 fully saturated rings. The fraction of sp³-hybridized carbons (Fsp3) is 0.583. The van der Waals surface area contributed by atoms with Crippen molar-refractivity contribution >= 4 is 18.7 Å². The molecule has 172 valence electrons. The third kappa shape index (κ3) is 4.43. The average molecular weight is 440 g/mol. The first-order valence-corrected chi connectivity index (χ1v) is 11.3. The molecule has 1 aromatic heterocycles. The molecule has 2 saturated heterocycles. The number of hydrogen-bond donors (Lipinski definition) is 0. The van der Waals surface area contributed by atoms with Crippen LogP contribution in [0.25, 0.3) is 11.3 Å². The van der Waals surface area contributed by atoms with E-state index in [1.165, 1.54) is 0 Å². The maximum absolute atomic E-state index is 12.6. The van der Waals surface area contributed by atoms with E-state index in [0.717, 1.165) is 23.9 Å². The molecule has 1 amide bonds. The molecule has 2 aliphatic rings. The summed E-state index contributed by atoms with van der Waals surface area (Å²) in [6.45, 7) is 14.4. The Bertz CT molecular complexity index is 961. The lowest BCUT2D eigenvalue weighted by Gasteiger charge is -2.32. The van der Waals surface area contributed by atoms with Gasteiger partial charge in [0, 0.05) is 12.1 Å². The normalized spacial score (nSPS) is 22.4. The highest BCUT2D eigenvalue weighted by Crippen LogP contribution is 2.37. The Morgan fingerprint density at radius 3 is 2.34 bits per heavy atom. The molecular weight excluding hydrogens is 407 g/mol. The molecule has 2 aliphatic heterocycles. The number of hydrogen-bond acceptors (Lipinski definition) is 6. The van der Waals surface area contributed by atoms with E-state index in [2.05, 4.69) is 4.98 Å². The monoisotopic (exact) mass is 440 g/mol. The predicted octanol–water partition coefficient (Wildman–Crippen LogP) is 4.71. The fourth-order valence-electron chi connectivity index (χ4n) is 3.92. The molecule has 1 aromatic carbocycles. The van der Waals surface area contributed by atoms with Crippen LogP contribution in [0.3, 0.4) is 0 Å². The first-order valence-electron chi connectivity index (χ1n) is 11.3. The molecule has 4 rings (SSSR count). The third-order valence-corrected chi connectivity index (χ3v) is 6.41. The SMILES string of the molecule is CC(C)(C)OC(=O)N1CCCC1c1ncc(-c2ccc(B3OC(C)(C)C(C)(C)O3)cc2)o1. The largest absolute Gasteiger partial charge is 0.494 e. The number of likely N-dealkylation sites (tertiary alicyclic amines) is 1. The highest BCUT2D eigenvalue weighted by Gasteiger charge is 2.51. The van der Waals surface area contributed by atoms with Crippen molar-refractivity contribution in [2.45, 2.75) is 84.2 Å². The summed E-state index contributed by atoms with van der Waals surface area (Å²) in [4.78, 5) is 18.8. The van der Waals surface area contributed by atoms with Gasteiger partial charge in [-0.3, -0.25) is 4.90 Å². The van der Waals surface area contributed by atoms with Gasteiger partial charge in [0.1, 0.15) is 11.6 Å². The van der Waals surface area contributed by atoms with Gasteiger partial charge in [-0.1, -0.05) is 24.3 Å². The second-order valence-electron chi connectivity index (χ2n) is 10.6. The minimum absolute atomic E-state index is 0.206. The second kappa shape index (κ2) is 7.92. The molecule has 0 saturated carbocycles. The van der Waals surface area contributed by atoms with Crippen molar-refractivity contribution in [1.82, 2.24) is 9.88 Å². The molecule has 0 spiro atoms. The Hall–Kier alpha value is -2.32. The van der Waals surface area contributed by atoms with Crippen molar-refractivity contribution in [1.29, 1.82) is 0 Å². The van der Waals surface area contributed by atoms with Gasteiger partial charge in [-0.05, 0) is 66.8 Å². The lowest BCUT2D eigenvalue weighted by Crippen LogP contribution is -2.41. The van der Waals surface area contributed by atoms with E-state index >= 15 is 0 Å². The summed E-state index contributed by atoms with van der Waals surface area (Å²) < 4.78 is 23.9. The number of nitrogens with zero attached hydrogens (tertiary/aromatic N) is 2. The first-order chi connectivity index (χ1) is 14.9. The number of amides is 1. The van der Waals surface area contributed by atoms with Gasteiger partial charge < -0.3 is 18.5 Å². The number of carbonyl (C=O) groups is 1. The smallest absolute Gasteiger partial charge is 0.444 e. The molecule has 2 aromatic rings. The highest BCUT2D eigenvalue weighted by atomic mass is 16.7. The van der Waals surface area contributed by atoms with E-state index in [1.807, 2.05) is 72.7 Å². The van der Waals surface area contributed by atoms with Gasteiger partial charge in [0.25, 0.3) is 0 Å². The Morgan fingerprint density at radius 1 is 1.12 bits per heavy atom. The standard InChI is InChI=1S/C24H33BN2O5/c1-22(2,3)30-21(28)27-14-8-9-18(27)20-26-15-19(29-20)16-10-12-17(13-11-16)25-31-23(4,5)24(6,7)32-25/h10-13,15,18H,8-9,14H2,1-7H3. The van der Waals surface area contributed by atoms with Crippen molar-refractivity contribution in [3.63, 3.8) is 0 Å². The quantitative estimate of drug-likeness (QED) is 0.644. The Labute approximate surface area is 190 Å². The maximum atomic E-state index is 12.6. The summed E-state index contributed by atoms with van der Waals surface area (Å²) in [5.41, 5.74) is 0.574. The highest BCUT2D eigenvalue weighted by molar-refractivity contribution is 6.62. The van der Waals surface area contributed by atoms with Crippen LogP contribution in [0.2, 0.25) is 0 Å². The van der Waals surface area contributed by atoms with E-state index in [-0.39, 0.29) is 23.3 Å². The Balaban J connectivity index is 1.48. The van der Waals surface area contributed by atoms with Crippen LogP contribution < -0.4 is 5.46 Å². The van der Waals surface area contributed by atoms with Crippen molar-refractivity contribution in [3.8, 4) is 11.3 Å². The van der Waals surface area contributed by atoms with Crippen LogP contribution in [0.15, 0.2) is 34.9 Å². The predicted molar refractivity (Wildman–Crippen MR) is 123 cm³/mol. The van der Waals surface area contributed by atoms with E-state index < -0.39 is 12.7 Å². The van der Waals surface area contributed by atoms with Gasteiger partial charge in [-0.25, -0.2) is 9.78 Å². The minimum Gasteiger partial charge on any atom is -0.444 e. The molecular formula is C24H33BN2O5. The lowest BCUT2D eigenvalue weighted by molar-refractivity contribution is 0.00578. The first kappa shape index (κ1) is 22.9. The van der Waals surface area contributed by atoms with Crippen LogP contribution in [0, 0.1) is 0 Å². The molecule has 1 atom stereocenters. The van der Waals surface area contributed by atoms with Gasteiger partial charge in [-0.15, -0.1) is 0 Å². The van der Waals surface area contributed by atoms with E-state index in [9.17, 15) is 4.79 Å². The van der Waals surface area contributed by atoms with E-state index in [1.54, 1.807) is 11.1 Å². The topological polar surface area (TPSA) is 74.0 Å². The molecule has 1 unspecified atom stereocenters. The molecule has 0 bridgehead atoms. The van der Waals surface area contributed by atoms with Crippen LogP contribution in [0.5, 0.6) is 0 Å². The molecule has 0 N–H and O–H groups in total. The number of aromatic nitrogens is 1. The van der Waals surface area contributed by atoms with Gasteiger partial charge >= 0.3 is 13.2 Å². The van der Waals surface area contributed by atoms with E-state index in [4.69, 9.17) is 18.5 Å². The molecule has 0 radical (unpaired) electrons. The maximum Gasteiger partial charge on any atom is 0.494 e. The van der Waals surface area contributed by atoms with E-state index in [0.29, 0.717) is 18.2 Å². The summed E-state index contributed by atoms with van der Waals surface area (Å²) >= 11 is 0. The number of ether oxygens (including phenoxy) is 1. The van der Waals surface area contributed by atoms with Crippen LogP contribution in [0.4, 0.5) is 4.79 Å². The van der Waals surface area contributed by atoms with Crippen LogP contribution in [-0.2, 0) is 14.0 Å². The zero-order valence-electron chi connectivity index (χ0n) is 20.1.